The van der Waals surface area contributed by atoms with Crippen molar-refractivity contribution in [2.45, 2.75) is 16.6 Å². The first-order chi connectivity index (χ1) is 20.7. The number of imide groups is 1. The molecule has 0 radical (unpaired) electrons. The van der Waals surface area contributed by atoms with Gasteiger partial charge in [-0.2, -0.15) is 0 Å². The maximum absolute atomic E-state index is 14.6. The Hall–Kier alpha value is -4.06. The summed E-state index contributed by atoms with van der Waals surface area (Å²) in [4.78, 5) is 54.0. The number of hydrogen-bond acceptors (Lipinski definition) is 5. The molecule has 0 bridgehead atoms. The van der Waals surface area contributed by atoms with Gasteiger partial charge in [0.15, 0.2) is 0 Å². The minimum Gasteiger partial charge on any atom is -0.321 e. The normalized spacial score (nSPS) is 15.0. The summed E-state index contributed by atoms with van der Waals surface area (Å²) in [7, 11) is 0. The molecule has 11 heteroatoms. The number of amides is 4. The van der Waals surface area contributed by atoms with E-state index in [9.17, 15) is 23.6 Å². The van der Waals surface area contributed by atoms with Crippen LogP contribution in [0.5, 0.6) is 0 Å². The van der Waals surface area contributed by atoms with E-state index in [-0.39, 0.29) is 29.5 Å². The van der Waals surface area contributed by atoms with E-state index in [1.54, 1.807) is 78.9 Å². The number of nitrogens with one attached hydrogen (secondary N) is 2. The smallest absolute Gasteiger partial charge is 0.272 e. The van der Waals surface area contributed by atoms with Gasteiger partial charge in [0.05, 0.1) is 10.9 Å². The van der Waals surface area contributed by atoms with Gasteiger partial charge in [-0.15, -0.1) is 11.8 Å². The highest BCUT2D eigenvalue weighted by Crippen LogP contribution is 2.35. The minimum atomic E-state index is -0.681. The summed E-state index contributed by atoms with van der Waals surface area (Å²) >= 11 is 7.87. The lowest BCUT2D eigenvalue weighted by molar-refractivity contribution is -0.121. The van der Waals surface area contributed by atoms with Crippen LogP contribution in [0, 0.1) is 5.82 Å². The number of halogens is 3. The van der Waals surface area contributed by atoms with Gasteiger partial charge < -0.3 is 10.6 Å². The van der Waals surface area contributed by atoms with E-state index in [1.165, 1.54) is 40.9 Å². The Balaban J connectivity index is 1.34. The average molecular weight is 723 g/mol. The fourth-order valence-corrected chi connectivity index (χ4v) is 6.05. The van der Waals surface area contributed by atoms with Crippen molar-refractivity contribution in [3.63, 3.8) is 0 Å². The van der Waals surface area contributed by atoms with Gasteiger partial charge in [0.1, 0.15) is 11.5 Å². The first-order valence-corrected chi connectivity index (χ1v) is 15.4. The van der Waals surface area contributed by atoms with Crippen molar-refractivity contribution in [2.75, 3.05) is 10.2 Å². The SMILES string of the molecule is O=C(Nc1cccc(SC2CC(=O)N(c3ccc(Br)cc3)C2=O)c1)/C(=C/c1cc(Br)ccc1F)NC(=O)c1ccccc1. The third-order valence-corrected chi connectivity index (χ3v) is 8.55. The van der Waals surface area contributed by atoms with E-state index >= 15 is 0 Å². The number of carbonyl (C=O) groups is 4. The minimum absolute atomic E-state index is 0.0345. The highest BCUT2D eigenvalue weighted by molar-refractivity contribution is 9.10. The maximum Gasteiger partial charge on any atom is 0.272 e. The molecule has 43 heavy (non-hydrogen) atoms. The van der Waals surface area contributed by atoms with Crippen LogP contribution in [0.25, 0.3) is 6.08 Å². The first-order valence-electron chi connectivity index (χ1n) is 12.9. The lowest BCUT2D eigenvalue weighted by atomic mass is 10.1. The summed E-state index contributed by atoms with van der Waals surface area (Å²) in [6, 6.07) is 26.3. The fraction of sp³-hybridized carbons (Fsp3) is 0.0625. The van der Waals surface area contributed by atoms with Crippen molar-refractivity contribution in [1.82, 2.24) is 5.32 Å². The van der Waals surface area contributed by atoms with Crippen molar-refractivity contribution in [3.8, 4) is 0 Å². The van der Waals surface area contributed by atoms with Crippen LogP contribution in [-0.2, 0) is 14.4 Å². The molecule has 0 spiro atoms. The molecule has 4 amide bonds. The summed E-state index contributed by atoms with van der Waals surface area (Å²) in [5.41, 5.74) is 1.12. The van der Waals surface area contributed by atoms with Gasteiger partial charge in [-0.05, 0) is 78.9 Å². The van der Waals surface area contributed by atoms with Crippen molar-refractivity contribution < 1.29 is 23.6 Å². The largest absolute Gasteiger partial charge is 0.321 e. The van der Waals surface area contributed by atoms with E-state index < -0.39 is 22.9 Å². The molecule has 0 aliphatic carbocycles. The zero-order valence-electron chi connectivity index (χ0n) is 22.2. The molecule has 1 aliphatic heterocycles. The van der Waals surface area contributed by atoms with Gasteiger partial charge in [-0.1, -0.05) is 56.1 Å². The quantitative estimate of drug-likeness (QED) is 0.148. The first kappa shape index (κ1) is 30.4. The molecule has 1 unspecified atom stereocenters. The van der Waals surface area contributed by atoms with E-state index in [0.717, 1.165) is 4.47 Å². The molecule has 1 heterocycles. The summed E-state index contributed by atoms with van der Waals surface area (Å²) in [5.74, 6) is -2.41. The van der Waals surface area contributed by atoms with Crippen molar-refractivity contribution in [2.24, 2.45) is 0 Å². The molecule has 2 N–H and O–H groups in total. The highest BCUT2D eigenvalue weighted by Gasteiger charge is 2.40. The molecular formula is C32H22Br2FN3O4S. The summed E-state index contributed by atoms with van der Waals surface area (Å²) < 4.78 is 16.0. The molecule has 1 fully saturated rings. The second-order valence-corrected chi connectivity index (χ2v) is 12.5. The second kappa shape index (κ2) is 13.5. The van der Waals surface area contributed by atoms with Gasteiger partial charge in [0, 0.05) is 37.1 Å². The number of carbonyl (C=O) groups excluding carboxylic acids is 4. The zero-order chi connectivity index (χ0) is 30.5. The molecule has 7 nitrogen and oxygen atoms in total. The predicted molar refractivity (Wildman–Crippen MR) is 172 cm³/mol. The monoisotopic (exact) mass is 721 g/mol. The Morgan fingerprint density at radius 3 is 2.35 bits per heavy atom. The Morgan fingerprint density at radius 1 is 0.884 bits per heavy atom. The lowest BCUT2D eigenvalue weighted by Crippen LogP contribution is -2.31. The molecule has 1 atom stereocenters. The molecule has 5 rings (SSSR count). The summed E-state index contributed by atoms with van der Waals surface area (Å²) in [6.45, 7) is 0. The van der Waals surface area contributed by atoms with Crippen molar-refractivity contribution in [3.05, 3.63) is 129 Å². The van der Waals surface area contributed by atoms with Crippen molar-refractivity contribution in [1.29, 1.82) is 0 Å². The van der Waals surface area contributed by atoms with E-state index in [0.29, 0.717) is 26.3 Å². The Bertz CT molecular complexity index is 1750. The number of anilines is 2. The summed E-state index contributed by atoms with van der Waals surface area (Å²) in [6.07, 6.45) is 1.29. The Labute approximate surface area is 267 Å². The van der Waals surface area contributed by atoms with Gasteiger partial charge >= 0.3 is 0 Å². The van der Waals surface area contributed by atoms with Gasteiger partial charge in [-0.3, -0.25) is 19.2 Å². The van der Waals surface area contributed by atoms with Crippen LogP contribution in [0.4, 0.5) is 15.8 Å². The van der Waals surface area contributed by atoms with Gasteiger partial charge in [0.2, 0.25) is 11.8 Å². The average Bonchev–Trinajstić information content (AvgIpc) is 3.27. The van der Waals surface area contributed by atoms with E-state index in [1.807, 2.05) is 0 Å². The van der Waals surface area contributed by atoms with Crippen LogP contribution in [0.2, 0.25) is 0 Å². The number of benzene rings is 4. The molecule has 0 aromatic heterocycles. The van der Waals surface area contributed by atoms with Crippen LogP contribution < -0.4 is 15.5 Å². The standard InChI is InChI=1S/C32H22Br2FN3O4S/c33-21-9-12-24(13-10-21)38-29(39)18-28(32(38)42)43-25-8-4-7-23(17-25)36-31(41)27(16-20-15-22(34)11-14-26(20)35)37-30(40)19-5-2-1-3-6-19/h1-17,28H,18H2,(H,36,41)(H,37,40)/b27-16-. The number of nitrogens with zero attached hydrogens (tertiary/aromatic N) is 1. The van der Waals surface area contributed by atoms with Crippen molar-refractivity contribution >= 4 is 84.7 Å². The number of thioether (sulfide) groups is 1. The highest BCUT2D eigenvalue weighted by atomic mass is 79.9. The Morgan fingerprint density at radius 2 is 1.60 bits per heavy atom. The molecule has 1 saturated heterocycles. The third kappa shape index (κ3) is 7.48. The molecule has 4 aromatic carbocycles. The number of hydrogen-bond donors (Lipinski definition) is 2. The fourth-order valence-electron chi connectivity index (χ4n) is 4.29. The number of rotatable bonds is 8. The second-order valence-electron chi connectivity index (χ2n) is 9.38. The van der Waals surface area contributed by atoms with Gasteiger partial charge in [-0.25, -0.2) is 9.29 Å². The molecule has 4 aromatic rings. The van der Waals surface area contributed by atoms with Gasteiger partial charge in [0.25, 0.3) is 11.8 Å². The van der Waals surface area contributed by atoms with E-state index in [2.05, 4.69) is 42.5 Å². The molecular weight excluding hydrogens is 701 g/mol. The predicted octanol–water partition coefficient (Wildman–Crippen LogP) is 7.18. The zero-order valence-corrected chi connectivity index (χ0v) is 26.2. The topological polar surface area (TPSA) is 95.6 Å². The third-order valence-electron chi connectivity index (χ3n) is 6.35. The lowest BCUT2D eigenvalue weighted by Gasteiger charge is -2.15. The van der Waals surface area contributed by atoms with Crippen LogP contribution in [-0.4, -0.2) is 28.9 Å². The van der Waals surface area contributed by atoms with Crippen LogP contribution in [0.1, 0.15) is 22.3 Å². The molecule has 1 aliphatic rings. The molecule has 216 valence electrons. The summed E-state index contributed by atoms with van der Waals surface area (Å²) in [5, 5.41) is 4.69. The van der Waals surface area contributed by atoms with E-state index in [4.69, 9.17) is 0 Å². The maximum atomic E-state index is 14.6. The van der Waals surface area contributed by atoms with Crippen LogP contribution >= 0.6 is 43.6 Å². The Kier molecular flexibility index (Phi) is 9.54. The van der Waals surface area contributed by atoms with Crippen LogP contribution in [0.15, 0.2) is 117 Å². The van der Waals surface area contributed by atoms with Crippen LogP contribution in [0.3, 0.4) is 0 Å². The molecule has 0 saturated carbocycles.